The Kier molecular flexibility index (Phi) is 5.82. The Morgan fingerprint density at radius 1 is 0.432 bits per heavy atom. The van der Waals surface area contributed by atoms with Gasteiger partial charge in [-0.05, 0) is 55.7 Å². The Morgan fingerprint density at radius 2 is 0.676 bits per heavy atom. The summed E-state index contributed by atoms with van der Waals surface area (Å²) >= 11 is 0. The number of sulfonamides is 3. The van der Waals surface area contributed by atoms with Crippen LogP contribution in [0.4, 0.5) is 0 Å². The zero-order valence-electron chi connectivity index (χ0n) is 19.6. The SMILES string of the molecule is O=S(=O)(c1ccccc1)N1C2CC3CC(C2)N(S(=O)(=O)c2ccccc2)C1N3S(=O)(=O)c1ccccc1. The molecule has 4 fully saturated rings. The predicted octanol–water partition coefficient (Wildman–Crippen LogP) is 2.66. The minimum Gasteiger partial charge on any atom is -0.207 e. The molecule has 4 bridgehead atoms. The van der Waals surface area contributed by atoms with E-state index in [1.54, 1.807) is 54.6 Å². The fourth-order valence-electron chi connectivity index (χ4n) is 5.86. The summed E-state index contributed by atoms with van der Waals surface area (Å²) in [6.07, 6.45) is -0.671. The summed E-state index contributed by atoms with van der Waals surface area (Å²) in [6, 6.07) is 21.6. The predicted molar refractivity (Wildman–Crippen MR) is 135 cm³/mol. The van der Waals surface area contributed by atoms with Crippen LogP contribution in [-0.4, -0.2) is 62.6 Å². The highest BCUT2D eigenvalue weighted by Gasteiger charge is 2.64. The van der Waals surface area contributed by atoms with E-state index in [2.05, 4.69) is 0 Å². The van der Waals surface area contributed by atoms with E-state index in [9.17, 15) is 25.3 Å². The van der Waals surface area contributed by atoms with Crippen LogP contribution in [0.1, 0.15) is 19.3 Å². The van der Waals surface area contributed by atoms with Gasteiger partial charge in [0, 0.05) is 18.1 Å². The van der Waals surface area contributed by atoms with Crippen LogP contribution >= 0.6 is 0 Å². The lowest BCUT2D eigenvalue weighted by Crippen LogP contribution is -2.79. The number of benzene rings is 3. The van der Waals surface area contributed by atoms with Crippen molar-refractivity contribution in [1.82, 2.24) is 12.9 Å². The van der Waals surface area contributed by atoms with Crippen molar-refractivity contribution >= 4 is 30.1 Å². The summed E-state index contributed by atoms with van der Waals surface area (Å²) in [5.74, 6) is 0. The first-order valence-corrected chi connectivity index (χ1v) is 16.2. The van der Waals surface area contributed by atoms with Crippen molar-refractivity contribution in [2.75, 3.05) is 0 Å². The molecule has 0 aromatic heterocycles. The Bertz CT molecular complexity index is 1430. The van der Waals surface area contributed by atoms with Crippen LogP contribution in [0.25, 0.3) is 0 Å². The highest BCUT2D eigenvalue weighted by molar-refractivity contribution is 7.91. The highest BCUT2D eigenvalue weighted by Crippen LogP contribution is 2.50. The summed E-state index contributed by atoms with van der Waals surface area (Å²) in [5.41, 5.74) is 0. The van der Waals surface area contributed by atoms with E-state index in [4.69, 9.17) is 0 Å². The lowest BCUT2D eigenvalue weighted by Gasteiger charge is -2.63. The molecule has 1 aliphatic carbocycles. The number of hydrogen-bond acceptors (Lipinski definition) is 6. The molecule has 194 valence electrons. The quantitative estimate of drug-likeness (QED) is 0.459. The number of rotatable bonds is 6. The summed E-state index contributed by atoms with van der Waals surface area (Å²) in [4.78, 5) is -0.0511. The normalized spacial score (nSPS) is 26.9. The van der Waals surface area contributed by atoms with E-state index < -0.39 is 54.5 Å². The third-order valence-corrected chi connectivity index (χ3v) is 13.1. The Labute approximate surface area is 217 Å². The molecular weight excluding hydrogens is 534 g/mol. The molecule has 0 atom stereocenters. The van der Waals surface area contributed by atoms with Gasteiger partial charge in [-0.1, -0.05) is 54.6 Å². The molecule has 3 saturated heterocycles. The summed E-state index contributed by atoms with van der Waals surface area (Å²) in [7, 11) is -12.8. The number of hydrogen-bond donors (Lipinski definition) is 0. The van der Waals surface area contributed by atoms with Crippen molar-refractivity contribution in [3.05, 3.63) is 91.0 Å². The van der Waals surface area contributed by atoms with Crippen molar-refractivity contribution in [3.8, 4) is 0 Å². The molecule has 3 aliphatic heterocycles. The first kappa shape index (κ1) is 24.7. The maximum absolute atomic E-state index is 14.0. The van der Waals surface area contributed by atoms with Gasteiger partial charge in [-0.3, -0.25) is 0 Å². The molecule has 4 aliphatic rings. The van der Waals surface area contributed by atoms with Crippen LogP contribution in [0.3, 0.4) is 0 Å². The molecule has 9 nitrogen and oxygen atoms in total. The van der Waals surface area contributed by atoms with E-state index >= 15 is 0 Å². The van der Waals surface area contributed by atoms with Gasteiger partial charge >= 0.3 is 0 Å². The molecule has 1 saturated carbocycles. The molecule has 37 heavy (non-hydrogen) atoms. The maximum atomic E-state index is 14.0. The minimum atomic E-state index is -4.25. The summed E-state index contributed by atoms with van der Waals surface area (Å²) in [6.45, 7) is 0. The van der Waals surface area contributed by atoms with E-state index in [1.165, 1.54) is 36.4 Å². The fourth-order valence-corrected chi connectivity index (χ4v) is 11.3. The average Bonchev–Trinajstić information content (AvgIpc) is 2.89. The van der Waals surface area contributed by atoms with Gasteiger partial charge < -0.3 is 0 Å². The van der Waals surface area contributed by atoms with Gasteiger partial charge in [-0.25, -0.2) is 25.3 Å². The first-order valence-electron chi connectivity index (χ1n) is 11.9. The zero-order chi connectivity index (χ0) is 26.0. The van der Waals surface area contributed by atoms with E-state index in [0.29, 0.717) is 19.3 Å². The molecule has 0 spiro atoms. The van der Waals surface area contributed by atoms with Gasteiger partial charge in [0.2, 0.25) is 30.1 Å². The Morgan fingerprint density at radius 3 is 0.919 bits per heavy atom. The third-order valence-electron chi connectivity index (χ3n) is 7.35. The van der Waals surface area contributed by atoms with Crippen molar-refractivity contribution < 1.29 is 25.3 Å². The zero-order valence-corrected chi connectivity index (χ0v) is 22.1. The van der Waals surface area contributed by atoms with Crippen molar-refractivity contribution in [1.29, 1.82) is 0 Å². The summed E-state index contributed by atoms with van der Waals surface area (Å²) < 4.78 is 87.5. The lowest BCUT2D eigenvalue weighted by molar-refractivity contribution is -0.125. The molecule has 0 N–H and O–H groups in total. The van der Waals surface area contributed by atoms with Gasteiger partial charge in [0.1, 0.15) is 0 Å². The Hall–Kier alpha value is -2.61. The lowest BCUT2D eigenvalue weighted by atomic mass is 9.82. The molecule has 0 radical (unpaired) electrons. The van der Waals surface area contributed by atoms with E-state index in [1.807, 2.05) is 0 Å². The minimum absolute atomic E-state index is 0.0170. The van der Waals surface area contributed by atoms with Crippen LogP contribution in [0.5, 0.6) is 0 Å². The first-order chi connectivity index (χ1) is 17.6. The number of nitrogens with zero attached hydrogens (tertiary/aromatic N) is 3. The molecule has 3 aromatic rings. The molecule has 12 heteroatoms. The van der Waals surface area contributed by atoms with Crippen LogP contribution in [-0.2, 0) is 30.1 Å². The summed E-state index contributed by atoms with van der Waals surface area (Å²) in [5, 5.41) is 0. The molecule has 0 amide bonds. The van der Waals surface area contributed by atoms with Gasteiger partial charge in [-0.2, -0.15) is 12.9 Å². The molecule has 0 unspecified atom stereocenters. The van der Waals surface area contributed by atoms with Crippen molar-refractivity contribution in [2.24, 2.45) is 0 Å². The topological polar surface area (TPSA) is 112 Å². The van der Waals surface area contributed by atoms with Gasteiger partial charge in [0.05, 0.1) is 14.7 Å². The van der Waals surface area contributed by atoms with Gasteiger partial charge in [0.15, 0.2) is 6.29 Å². The average molecular weight is 560 g/mol. The monoisotopic (exact) mass is 559 g/mol. The van der Waals surface area contributed by atoms with Gasteiger partial charge in [0.25, 0.3) is 0 Å². The second-order valence-corrected chi connectivity index (χ2v) is 15.0. The standard InChI is InChI=1S/C25H25N3O6S3/c29-35(30,22-10-4-1-5-11-22)26-19-16-20-18-21(17-19)28(37(33,34)24-14-8-3-9-15-24)25(26)27(20)36(31,32)23-12-6-2-7-13-23/h1-15,19-21,25H,16-18H2. The second-order valence-electron chi connectivity index (χ2n) is 9.46. The van der Waals surface area contributed by atoms with E-state index in [0.717, 1.165) is 12.9 Å². The maximum Gasteiger partial charge on any atom is 0.245 e. The molecule has 3 heterocycles. The highest BCUT2D eigenvalue weighted by atomic mass is 32.2. The van der Waals surface area contributed by atoms with E-state index in [-0.39, 0.29) is 14.7 Å². The Balaban J connectivity index is 1.57. The molecular formula is C25H25N3O6S3. The largest absolute Gasteiger partial charge is 0.245 e. The van der Waals surface area contributed by atoms with Crippen molar-refractivity contribution in [3.63, 3.8) is 0 Å². The fraction of sp³-hybridized carbons (Fsp3) is 0.280. The van der Waals surface area contributed by atoms with Crippen LogP contribution in [0, 0.1) is 0 Å². The van der Waals surface area contributed by atoms with Crippen LogP contribution in [0.2, 0.25) is 0 Å². The van der Waals surface area contributed by atoms with Crippen LogP contribution < -0.4 is 0 Å². The smallest absolute Gasteiger partial charge is 0.207 e. The van der Waals surface area contributed by atoms with Gasteiger partial charge in [-0.15, -0.1) is 0 Å². The van der Waals surface area contributed by atoms with Crippen LogP contribution in [0.15, 0.2) is 106 Å². The third kappa shape index (κ3) is 3.77. The van der Waals surface area contributed by atoms with Crippen molar-refractivity contribution in [2.45, 2.75) is 58.4 Å². The molecule has 7 rings (SSSR count). The second kappa shape index (κ2) is 8.72. The molecule has 3 aromatic carbocycles.